The Morgan fingerprint density at radius 3 is 2.81 bits per heavy atom. The Morgan fingerprint density at radius 1 is 1.33 bits per heavy atom. The smallest absolute Gasteiger partial charge is 0.305 e. The first-order valence-corrected chi connectivity index (χ1v) is 9.05. The average Bonchev–Trinajstić information content (AvgIpc) is 3.31. The third-order valence-corrected chi connectivity index (χ3v) is 4.71. The normalized spacial score (nSPS) is 16.5. The number of carboxylic acid groups (broad SMARTS) is 1. The van der Waals surface area contributed by atoms with Gasteiger partial charge in [0.15, 0.2) is 0 Å². The number of aromatic nitrogens is 2. The highest BCUT2D eigenvalue weighted by molar-refractivity contribution is 5.78. The van der Waals surface area contributed by atoms with E-state index in [0.717, 1.165) is 24.2 Å². The summed E-state index contributed by atoms with van der Waals surface area (Å²) in [6.45, 7) is 0.638. The molecular formula is C19H23N3O5. The molecule has 0 bridgehead atoms. The van der Waals surface area contributed by atoms with Crippen LogP contribution in [0.1, 0.15) is 38.0 Å². The number of hydrogen-bond acceptors (Lipinski definition) is 6. The summed E-state index contributed by atoms with van der Waals surface area (Å²) in [4.78, 5) is 29.3. The summed E-state index contributed by atoms with van der Waals surface area (Å²) in [7, 11) is 1.61. The first-order chi connectivity index (χ1) is 13.1. The maximum absolute atomic E-state index is 12.4. The minimum atomic E-state index is -0.864. The largest absolute Gasteiger partial charge is 0.497 e. The Labute approximate surface area is 157 Å². The van der Waals surface area contributed by atoms with Gasteiger partial charge in [-0.1, -0.05) is 5.16 Å². The fraction of sp³-hybridized carbons (Fsp3) is 0.474. The van der Waals surface area contributed by atoms with Gasteiger partial charge in [-0.25, -0.2) is 0 Å². The number of rotatable bonds is 8. The molecule has 1 N–H and O–H groups in total. The van der Waals surface area contributed by atoms with Gasteiger partial charge in [0.2, 0.25) is 17.6 Å². The van der Waals surface area contributed by atoms with E-state index in [4.69, 9.17) is 14.4 Å². The molecular weight excluding hydrogens is 350 g/mol. The van der Waals surface area contributed by atoms with Gasteiger partial charge in [-0.15, -0.1) is 0 Å². The molecule has 2 heterocycles. The minimum Gasteiger partial charge on any atom is -0.497 e. The van der Waals surface area contributed by atoms with Gasteiger partial charge in [0.25, 0.3) is 0 Å². The Kier molecular flexibility index (Phi) is 6.05. The van der Waals surface area contributed by atoms with Crippen molar-refractivity contribution in [1.29, 1.82) is 0 Å². The number of aliphatic carboxylic acids is 1. The van der Waals surface area contributed by atoms with Crippen LogP contribution in [0.4, 0.5) is 0 Å². The molecule has 1 aliphatic heterocycles. The molecule has 8 nitrogen and oxygen atoms in total. The fourth-order valence-electron chi connectivity index (χ4n) is 3.33. The molecule has 144 valence electrons. The number of methoxy groups -OCH3 is 1. The SMILES string of the molecule is COc1ccc(-c2noc(CCCC(=O)N3CCCC3CC(=O)O)n2)cc1. The number of carbonyl (C=O) groups excluding carboxylic acids is 1. The van der Waals surface area contributed by atoms with Crippen LogP contribution in [0.3, 0.4) is 0 Å². The van der Waals surface area contributed by atoms with Gasteiger partial charge in [-0.2, -0.15) is 4.98 Å². The summed E-state index contributed by atoms with van der Waals surface area (Å²) >= 11 is 0. The zero-order chi connectivity index (χ0) is 19.2. The van der Waals surface area contributed by atoms with E-state index in [2.05, 4.69) is 10.1 Å². The molecule has 3 rings (SSSR count). The highest BCUT2D eigenvalue weighted by atomic mass is 16.5. The zero-order valence-corrected chi connectivity index (χ0v) is 15.3. The third-order valence-electron chi connectivity index (χ3n) is 4.71. The molecule has 1 amide bonds. The molecule has 1 saturated heterocycles. The molecule has 0 aliphatic carbocycles. The second-order valence-corrected chi connectivity index (χ2v) is 6.57. The van der Waals surface area contributed by atoms with Crippen molar-refractivity contribution in [3.8, 4) is 17.1 Å². The Morgan fingerprint density at radius 2 is 2.11 bits per heavy atom. The lowest BCUT2D eigenvalue weighted by Gasteiger charge is -2.23. The summed E-state index contributed by atoms with van der Waals surface area (Å²) in [6.07, 6.45) is 3.06. The van der Waals surface area contributed by atoms with Crippen LogP contribution in [-0.4, -0.2) is 51.7 Å². The molecule has 0 radical (unpaired) electrons. The van der Waals surface area contributed by atoms with Crippen molar-refractivity contribution < 1.29 is 24.0 Å². The van der Waals surface area contributed by atoms with Gasteiger partial charge in [0.1, 0.15) is 5.75 Å². The molecule has 1 fully saturated rings. The monoisotopic (exact) mass is 373 g/mol. The first kappa shape index (κ1) is 18.9. The summed E-state index contributed by atoms with van der Waals surface area (Å²) < 4.78 is 10.4. The number of amides is 1. The summed E-state index contributed by atoms with van der Waals surface area (Å²) in [5.74, 6) is 0.867. The summed E-state index contributed by atoms with van der Waals surface area (Å²) in [5.41, 5.74) is 0.829. The lowest BCUT2D eigenvalue weighted by atomic mass is 10.1. The average molecular weight is 373 g/mol. The zero-order valence-electron chi connectivity index (χ0n) is 15.3. The number of benzene rings is 1. The quantitative estimate of drug-likeness (QED) is 0.758. The predicted octanol–water partition coefficient (Wildman–Crippen LogP) is 2.53. The van der Waals surface area contributed by atoms with Crippen LogP contribution in [0.2, 0.25) is 0 Å². The van der Waals surface area contributed by atoms with Crippen LogP contribution in [-0.2, 0) is 16.0 Å². The number of likely N-dealkylation sites (tertiary alicyclic amines) is 1. The molecule has 1 aromatic carbocycles. The summed E-state index contributed by atoms with van der Waals surface area (Å²) in [5, 5.41) is 12.9. The van der Waals surface area contributed by atoms with Gasteiger partial charge in [0, 0.05) is 31.0 Å². The second-order valence-electron chi connectivity index (χ2n) is 6.57. The molecule has 8 heteroatoms. The van der Waals surface area contributed by atoms with Crippen LogP contribution in [0.15, 0.2) is 28.8 Å². The van der Waals surface area contributed by atoms with Crippen LogP contribution >= 0.6 is 0 Å². The van der Waals surface area contributed by atoms with Gasteiger partial charge in [-0.05, 0) is 43.5 Å². The molecule has 1 unspecified atom stereocenters. The molecule has 1 aliphatic rings. The first-order valence-electron chi connectivity index (χ1n) is 9.05. The van der Waals surface area contributed by atoms with Gasteiger partial charge in [0.05, 0.1) is 13.5 Å². The number of carbonyl (C=O) groups is 2. The van der Waals surface area contributed by atoms with E-state index in [1.54, 1.807) is 12.0 Å². The van der Waals surface area contributed by atoms with E-state index in [-0.39, 0.29) is 18.4 Å². The highest BCUT2D eigenvalue weighted by Gasteiger charge is 2.29. The van der Waals surface area contributed by atoms with Crippen molar-refractivity contribution in [3.63, 3.8) is 0 Å². The number of ether oxygens (including phenoxy) is 1. The van der Waals surface area contributed by atoms with Crippen molar-refractivity contribution in [2.24, 2.45) is 0 Å². The minimum absolute atomic E-state index is 0.00589. The Balaban J connectivity index is 1.50. The van der Waals surface area contributed by atoms with E-state index < -0.39 is 5.97 Å². The number of carboxylic acids is 1. The lowest BCUT2D eigenvalue weighted by Crippen LogP contribution is -2.36. The van der Waals surface area contributed by atoms with Gasteiger partial charge < -0.3 is 19.3 Å². The maximum Gasteiger partial charge on any atom is 0.305 e. The Hall–Kier alpha value is -2.90. The number of nitrogens with zero attached hydrogens (tertiary/aromatic N) is 3. The standard InChI is InChI=1S/C19H23N3O5/c1-26-15-9-7-13(8-10-15)19-20-16(27-21-19)5-2-6-17(23)22-11-3-4-14(22)12-18(24)25/h7-10,14H,2-6,11-12H2,1H3,(H,24,25). The number of hydrogen-bond donors (Lipinski definition) is 1. The van der Waals surface area contributed by atoms with Crippen LogP contribution in [0.5, 0.6) is 5.75 Å². The van der Waals surface area contributed by atoms with E-state index >= 15 is 0 Å². The molecule has 2 aromatic rings. The van der Waals surface area contributed by atoms with E-state index in [1.807, 2.05) is 24.3 Å². The van der Waals surface area contributed by atoms with Crippen molar-refractivity contribution in [2.75, 3.05) is 13.7 Å². The number of aryl methyl sites for hydroxylation is 1. The van der Waals surface area contributed by atoms with Crippen molar-refractivity contribution in [1.82, 2.24) is 15.0 Å². The maximum atomic E-state index is 12.4. The molecule has 0 spiro atoms. The van der Waals surface area contributed by atoms with Crippen LogP contribution in [0.25, 0.3) is 11.4 Å². The highest BCUT2D eigenvalue weighted by Crippen LogP contribution is 2.22. The third kappa shape index (κ3) is 4.84. The van der Waals surface area contributed by atoms with Crippen LogP contribution < -0.4 is 4.74 Å². The molecule has 27 heavy (non-hydrogen) atoms. The van der Waals surface area contributed by atoms with Gasteiger partial charge in [-0.3, -0.25) is 9.59 Å². The molecule has 1 aromatic heterocycles. The fourth-order valence-corrected chi connectivity index (χ4v) is 3.33. The lowest BCUT2D eigenvalue weighted by molar-refractivity contribution is -0.139. The van der Waals surface area contributed by atoms with Crippen molar-refractivity contribution in [2.45, 2.75) is 44.6 Å². The Bertz CT molecular complexity index is 787. The van der Waals surface area contributed by atoms with Crippen molar-refractivity contribution in [3.05, 3.63) is 30.2 Å². The molecule has 1 atom stereocenters. The van der Waals surface area contributed by atoms with E-state index in [9.17, 15) is 9.59 Å². The van der Waals surface area contributed by atoms with E-state index in [1.165, 1.54) is 0 Å². The van der Waals surface area contributed by atoms with E-state index in [0.29, 0.717) is 37.5 Å². The van der Waals surface area contributed by atoms with Crippen molar-refractivity contribution >= 4 is 11.9 Å². The predicted molar refractivity (Wildman–Crippen MR) is 96.2 cm³/mol. The second kappa shape index (κ2) is 8.66. The van der Waals surface area contributed by atoms with Crippen LogP contribution in [0, 0.1) is 0 Å². The topological polar surface area (TPSA) is 106 Å². The van der Waals surface area contributed by atoms with Gasteiger partial charge >= 0.3 is 5.97 Å². The molecule has 0 saturated carbocycles. The summed E-state index contributed by atoms with van der Waals surface area (Å²) in [6, 6.07) is 7.18.